The van der Waals surface area contributed by atoms with Crippen molar-refractivity contribution >= 4 is 29.5 Å². The minimum atomic E-state index is -1.11. The molecule has 6 atom stereocenters. The maximum absolute atomic E-state index is 12.5. The highest BCUT2D eigenvalue weighted by Gasteiger charge is 2.54. The molecule has 150 valence electrons. The molecule has 3 aliphatic rings. The maximum atomic E-state index is 12.5. The van der Waals surface area contributed by atoms with E-state index in [9.17, 15) is 24.6 Å². The second kappa shape index (κ2) is 7.44. The van der Waals surface area contributed by atoms with Gasteiger partial charge < -0.3 is 25.3 Å². The van der Waals surface area contributed by atoms with E-state index >= 15 is 0 Å². The molecular formula is C18H27N3O5S. The summed E-state index contributed by atoms with van der Waals surface area (Å²) in [5.74, 6) is -1.77. The standard InChI is InChI=1S/C18H27N3O5S/c1-8-14-11(9(2)22)6-13(23)21(14)15(18(25)26)16(8)27-10-5-12(19-7-10)17(24)20(3)4/h8-12,14,19,22H,5-7H2,1-4H3,(H,25,26). The summed E-state index contributed by atoms with van der Waals surface area (Å²) >= 11 is 1.45. The average molecular weight is 397 g/mol. The predicted molar refractivity (Wildman–Crippen MR) is 101 cm³/mol. The highest BCUT2D eigenvalue weighted by atomic mass is 32.2. The molecule has 0 saturated carbocycles. The molecule has 27 heavy (non-hydrogen) atoms. The molecule has 2 saturated heterocycles. The fourth-order valence-corrected chi connectivity index (χ4v) is 5.91. The Balaban J connectivity index is 1.82. The maximum Gasteiger partial charge on any atom is 0.353 e. The molecule has 3 aliphatic heterocycles. The molecule has 2 fully saturated rings. The SMILES string of the molecule is CC(O)C1CC(=O)N2C(C(=O)O)=C(SC3CNC(C(=O)N(C)C)C3)C(C)C12. The number of carbonyl (C=O) groups is 3. The number of thioether (sulfide) groups is 1. The van der Waals surface area contributed by atoms with Gasteiger partial charge in [0.1, 0.15) is 5.70 Å². The molecule has 0 radical (unpaired) electrons. The van der Waals surface area contributed by atoms with Crippen molar-refractivity contribution < 1.29 is 24.6 Å². The monoisotopic (exact) mass is 397 g/mol. The van der Waals surface area contributed by atoms with Crippen LogP contribution in [0.3, 0.4) is 0 Å². The molecule has 0 spiro atoms. The molecule has 3 heterocycles. The zero-order valence-electron chi connectivity index (χ0n) is 16.0. The lowest BCUT2D eigenvalue weighted by Gasteiger charge is -2.27. The lowest BCUT2D eigenvalue weighted by Crippen LogP contribution is -2.39. The van der Waals surface area contributed by atoms with Crippen molar-refractivity contribution in [3.8, 4) is 0 Å². The van der Waals surface area contributed by atoms with E-state index in [4.69, 9.17) is 0 Å². The van der Waals surface area contributed by atoms with E-state index in [0.717, 1.165) is 0 Å². The van der Waals surface area contributed by atoms with Crippen LogP contribution in [-0.2, 0) is 14.4 Å². The van der Waals surface area contributed by atoms with Crippen LogP contribution in [0.1, 0.15) is 26.7 Å². The van der Waals surface area contributed by atoms with Gasteiger partial charge in [-0.2, -0.15) is 0 Å². The van der Waals surface area contributed by atoms with Crippen LogP contribution < -0.4 is 5.32 Å². The zero-order chi connectivity index (χ0) is 20.0. The Morgan fingerprint density at radius 2 is 2.04 bits per heavy atom. The van der Waals surface area contributed by atoms with Crippen molar-refractivity contribution in [2.75, 3.05) is 20.6 Å². The minimum absolute atomic E-state index is 0.00924. The molecule has 2 amide bonds. The lowest BCUT2D eigenvalue weighted by molar-refractivity contribution is -0.138. The number of aliphatic hydroxyl groups excluding tert-OH is 1. The number of amides is 2. The molecule has 0 bridgehead atoms. The predicted octanol–water partition coefficient (Wildman–Crippen LogP) is 0.0821. The number of hydrogen-bond acceptors (Lipinski definition) is 6. The quantitative estimate of drug-likeness (QED) is 0.603. The van der Waals surface area contributed by atoms with Crippen molar-refractivity contribution in [2.24, 2.45) is 11.8 Å². The fraction of sp³-hybridized carbons (Fsp3) is 0.722. The van der Waals surface area contributed by atoms with E-state index in [2.05, 4.69) is 5.32 Å². The van der Waals surface area contributed by atoms with Gasteiger partial charge in [0, 0.05) is 49.1 Å². The highest BCUT2D eigenvalue weighted by Crippen LogP contribution is 2.50. The van der Waals surface area contributed by atoms with Crippen molar-refractivity contribution in [3.05, 3.63) is 10.6 Å². The van der Waals surface area contributed by atoms with Crippen molar-refractivity contribution in [2.45, 2.75) is 50.1 Å². The molecule has 3 rings (SSSR count). The number of carbonyl (C=O) groups excluding carboxylic acids is 2. The number of nitrogens with zero attached hydrogens (tertiary/aromatic N) is 2. The Hall–Kier alpha value is -1.58. The Labute approximate surface area is 163 Å². The second-order valence-electron chi connectivity index (χ2n) is 7.84. The van der Waals surface area contributed by atoms with Crippen LogP contribution in [0.25, 0.3) is 0 Å². The van der Waals surface area contributed by atoms with Crippen molar-refractivity contribution in [1.82, 2.24) is 15.1 Å². The fourth-order valence-electron chi connectivity index (χ4n) is 4.44. The lowest BCUT2D eigenvalue weighted by atomic mass is 9.88. The number of rotatable bonds is 5. The van der Waals surface area contributed by atoms with Crippen LogP contribution in [0.4, 0.5) is 0 Å². The number of aliphatic carboxylic acids is 1. The third kappa shape index (κ3) is 3.48. The number of carboxylic acids is 1. The van der Waals surface area contributed by atoms with E-state index in [1.165, 1.54) is 16.7 Å². The number of hydrogen-bond donors (Lipinski definition) is 3. The first-order valence-electron chi connectivity index (χ1n) is 9.22. The van der Waals surface area contributed by atoms with Crippen molar-refractivity contribution in [1.29, 1.82) is 0 Å². The molecule has 0 aromatic carbocycles. The van der Waals surface area contributed by atoms with Gasteiger partial charge in [-0.3, -0.25) is 9.59 Å². The Morgan fingerprint density at radius 1 is 1.37 bits per heavy atom. The van der Waals surface area contributed by atoms with E-state index in [0.29, 0.717) is 17.9 Å². The third-order valence-electron chi connectivity index (χ3n) is 5.76. The van der Waals surface area contributed by atoms with Gasteiger partial charge in [-0.25, -0.2) is 4.79 Å². The molecule has 3 N–H and O–H groups in total. The topological polar surface area (TPSA) is 110 Å². The largest absolute Gasteiger partial charge is 0.477 e. The average Bonchev–Trinajstić information content (AvgIpc) is 3.24. The first kappa shape index (κ1) is 20.2. The summed E-state index contributed by atoms with van der Waals surface area (Å²) in [7, 11) is 3.43. The molecule has 8 nitrogen and oxygen atoms in total. The number of nitrogens with one attached hydrogen (secondary N) is 1. The van der Waals surface area contributed by atoms with Gasteiger partial charge in [0.2, 0.25) is 11.8 Å². The van der Waals surface area contributed by atoms with E-state index in [-0.39, 0.29) is 53.1 Å². The van der Waals surface area contributed by atoms with Gasteiger partial charge in [-0.05, 0) is 13.3 Å². The van der Waals surface area contributed by atoms with E-state index in [1.807, 2.05) is 6.92 Å². The van der Waals surface area contributed by atoms with E-state index < -0.39 is 12.1 Å². The van der Waals surface area contributed by atoms with Crippen LogP contribution in [0.15, 0.2) is 10.6 Å². The van der Waals surface area contributed by atoms with Crippen LogP contribution in [-0.4, -0.2) is 81.9 Å². The summed E-state index contributed by atoms with van der Waals surface area (Å²) in [6, 6.07) is -0.589. The smallest absolute Gasteiger partial charge is 0.353 e. The van der Waals surface area contributed by atoms with Crippen LogP contribution in [0.2, 0.25) is 0 Å². The summed E-state index contributed by atoms with van der Waals surface area (Å²) in [4.78, 5) is 40.2. The summed E-state index contributed by atoms with van der Waals surface area (Å²) in [5.41, 5.74) is 0.0491. The number of fused-ring (bicyclic) bond motifs is 1. The Bertz CT molecular complexity index is 692. The summed E-state index contributed by atoms with van der Waals surface area (Å²) in [6.45, 7) is 4.18. The molecule has 9 heteroatoms. The highest BCUT2D eigenvalue weighted by molar-refractivity contribution is 8.03. The first-order valence-corrected chi connectivity index (χ1v) is 10.1. The van der Waals surface area contributed by atoms with Gasteiger partial charge in [0.15, 0.2) is 0 Å². The van der Waals surface area contributed by atoms with Crippen LogP contribution >= 0.6 is 11.8 Å². The van der Waals surface area contributed by atoms with Gasteiger partial charge in [-0.1, -0.05) is 6.92 Å². The van der Waals surface area contributed by atoms with Gasteiger partial charge >= 0.3 is 5.97 Å². The molecule has 0 aromatic heterocycles. The molecule has 6 unspecified atom stereocenters. The number of carboxylic acid groups (broad SMARTS) is 1. The Kier molecular flexibility index (Phi) is 5.56. The van der Waals surface area contributed by atoms with Gasteiger partial charge in [-0.15, -0.1) is 11.8 Å². The van der Waals surface area contributed by atoms with Crippen LogP contribution in [0.5, 0.6) is 0 Å². The summed E-state index contributed by atoms with van der Waals surface area (Å²) in [6.07, 6.45) is 0.107. The molecular weight excluding hydrogens is 370 g/mol. The normalized spacial score (nSPS) is 34.2. The molecule has 0 aromatic rings. The van der Waals surface area contributed by atoms with Gasteiger partial charge in [0.05, 0.1) is 18.2 Å². The number of aliphatic hydroxyl groups is 1. The third-order valence-corrected chi connectivity index (χ3v) is 7.27. The first-order chi connectivity index (χ1) is 12.6. The summed E-state index contributed by atoms with van der Waals surface area (Å²) in [5, 5.41) is 23.1. The van der Waals surface area contributed by atoms with Crippen molar-refractivity contribution in [3.63, 3.8) is 0 Å². The van der Waals surface area contributed by atoms with Gasteiger partial charge in [0.25, 0.3) is 0 Å². The van der Waals surface area contributed by atoms with E-state index in [1.54, 1.807) is 25.9 Å². The molecule has 0 aliphatic carbocycles. The van der Waals surface area contributed by atoms with Crippen LogP contribution in [0, 0.1) is 11.8 Å². The minimum Gasteiger partial charge on any atom is -0.477 e. The summed E-state index contributed by atoms with van der Waals surface area (Å²) < 4.78 is 0. The second-order valence-corrected chi connectivity index (χ2v) is 9.18. The number of likely N-dealkylation sites (N-methyl/N-ethyl adjacent to an activating group) is 1. The Morgan fingerprint density at radius 3 is 2.59 bits per heavy atom. The zero-order valence-corrected chi connectivity index (χ0v) is 16.8.